The van der Waals surface area contributed by atoms with Gasteiger partial charge in [-0.25, -0.2) is 0 Å². The van der Waals surface area contributed by atoms with Crippen molar-refractivity contribution in [2.75, 3.05) is 0 Å². The van der Waals surface area contributed by atoms with Gasteiger partial charge in [-0.2, -0.15) is 0 Å². The average molecular weight is 203 g/mol. The lowest BCUT2D eigenvalue weighted by molar-refractivity contribution is 0.282. The third kappa shape index (κ3) is 2.54. The second-order valence-corrected chi connectivity index (χ2v) is 3.17. The summed E-state index contributed by atoms with van der Waals surface area (Å²) in [7, 11) is 0. The van der Waals surface area contributed by atoms with Crippen molar-refractivity contribution < 1.29 is 5.11 Å². The molecule has 0 bridgehead atoms. The first-order chi connectivity index (χ1) is 7.31. The lowest BCUT2D eigenvalue weighted by Gasteiger charge is -2.03. The number of aryl methyl sites for hydroxylation is 1. The van der Waals surface area contributed by atoms with Crippen LogP contribution < -0.4 is 0 Å². The van der Waals surface area contributed by atoms with E-state index in [4.69, 9.17) is 5.11 Å². The van der Waals surface area contributed by atoms with E-state index in [1.165, 1.54) is 0 Å². The normalized spacial score (nSPS) is 9.60. The molecule has 0 aliphatic heterocycles. The van der Waals surface area contributed by atoms with E-state index in [2.05, 4.69) is 4.98 Å². The van der Waals surface area contributed by atoms with Crippen LogP contribution in [0, 0.1) is 6.92 Å². The summed E-state index contributed by atoms with van der Waals surface area (Å²) in [5.41, 5.74) is 2.12. The largest absolute Gasteiger partial charge is 0.392 e. The zero-order valence-corrected chi connectivity index (χ0v) is 9.49. The maximum Gasteiger partial charge on any atom is 0.0682 e. The number of rotatable bonds is 1. The van der Waals surface area contributed by atoms with Gasteiger partial charge in [-0.05, 0) is 35.6 Å². The third-order valence-electron chi connectivity index (χ3n) is 2.21. The van der Waals surface area contributed by atoms with Gasteiger partial charge in [-0.15, -0.1) is 0 Å². The number of pyridine rings is 1. The lowest BCUT2D eigenvalue weighted by atomic mass is 10.0. The van der Waals surface area contributed by atoms with Gasteiger partial charge in [0.25, 0.3) is 0 Å². The van der Waals surface area contributed by atoms with Crippen LogP contribution in [-0.4, -0.2) is 10.1 Å². The van der Waals surface area contributed by atoms with Crippen LogP contribution in [0.25, 0.3) is 10.8 Å². The van der Waals surface area contributed by atoms with Gasteiger partial charge < -0.3 is 5.11 Å². The highest BCUT2D eigenvalue weighted by Gasteiger charge is 1.99. The Labute approximate surface area is 90.6 Å². The van der Waals surface area contributed by atoms with Crippen LogP contribution in [0.15, 0.2) is 30.6 Å². The summed E-state index contributed by atoms with van der Waals surface area (Å²) < 4.78 is 0. The zero-order valence-electron chi connectivity index (χ0n) is 9.49. The van der Waals surface area contributed by atoms with Gasteiger partial charge >= 0.3 is 0 Å². The van der Waals surface area contributed by atoms with Gasteiger partial charge in [-0.1, -0.05) is 19.9 Å². The lowest BCUT2D eigenvalue weighted by Crippen LogP contribution is -1.87. The molecule has 2 heteroatoms. The molecule has 0 unspecified atom stereocenters. The summed E-state index contributed by atoms with van der Waals surface area (Å²) in [4.78, 5) is 4.07. The number of nitrogens with zero attached hydrogens (tertiary/aromatic N) is 1. The highest BCUT2D eigenvalue weighted by atomic mass is 16.3. The van der Waals surface area contributed by atoms with Gasteiger partial charge in [0.1, 0.15) is 0 Å². The van der Waals surface area contributed by atoms with Gasteiger partial charge in [0.15, 0.2) is 0 Å². The van der Waals surface area contributed by atoms with Crippen molar-refractivity contribution >= 4 is 10.8 Å². The summed E-state index contributed by atoms with van der Waals surface area (Å²) in [5.74, 6) is 0. The number of hydrogen-bond donors (Lipinski definition) is 1. The van der Waals surface area contributed by atoms with Crippen molar-refractivity contribution in [3.05, 3.63) is 41.7 Å². The number of aliphatic hydroxyl groups excluding tert-OH is 1. The van der Waals surface area contributed by atoms with Crippen molar-refractivity contribution in [2.45, 2.75) is 27.4 Å². The Balaban J connectivity index is 0.000000531. The van der Waals surface area contributed by atoms with Gasteiger partial charge in [0, 0.05) is 17.8 Å². The summed E-state index contributed by atoms with van der Waals surface area (Å²) in [6.07, 6.45) is 3.62. The molecule has 0 spiro atoms. The second kappa shape index (κ2) is 5.47. The van der Waals surface area contributed by atoms with Crippen molar-refractivity contribution in [3.63, 3.8) is 0 Å². The molecule has 0 radical (unpaired) electrons. The summed E-state index contributed by atoms with van der Waals surface area (Å²) >= 11 is 0. The quantitative estimate of drug-likeness (QED) is 0.772. The minimum Gasteiger partial charge on any atom is -0.392 e. The monoisotopic (exact) mass is 203 g/mol. The number of fused-ring (bicyclic) bond motifs is 1. The maximum absolute atomic E-state index is 9.01. The molecule has 0 amide bonds. The number of aliphatic hydroxyl groups is 1. The number of hydrogen-bond acceptors (Lipinski definition) is 2. The fraction of sp³-hybridized carbons (Fsp3) is 0.308. The van der Waals surface area contributed by atoms with Crippen molar-refractivity contribution in [1.82, 2.24) is 4.98 Å². The fourth-order valence-corrected chi connectivity index (χ4v) is 1.55. The predicted molar refractivity (Wildman–Crippen MR) is 63.8 cm³/mol. The molecule has 0 aliphatic rings. The summed E-state index contributed by atoms with van der Waals surface area (Å²) in [6.45, 7) is 6.13. The van der Waals surface area contributed by atoms with E-state index in [0.29, 0.717) is 0 Å². The van der Waals surface area contributed by atoms with E-state index in [-0.39, 0.29) is 6.61 Å². The van der Waals surface area contributed by atoms with Crippen LogP contribution in [0.1, 0.15) is 25.0 Å². The first-order valence-electron chi connectivity index (χ1n) is 5.25. The van der Waals surface area contributed by atoms with Crippen LogP contribution in [0.3, 0.4) is 0 Å². The van der Waals surface area contributed by atoms with Crippen LogP contribution >= 0.6 is 0 Å². The molecule has 0 aliphatic carbocycles. The predicted octanol–water partition coefficient (Wildman–Crippen LogP) is 3.06. The molecule has 2 rings (SSSR count). The smallest absolute Gasteiger partial charge is 0.0682 e. The standard InChI is InChI=1S/C11H11NO.C2H6/c1-8-4-9(7-13)5-10-2-3-12-6-11(8)10;1-2/h2-6,13H,7H2,1H3;1-2H3. The zero-order chi connectivity index (χ0) is 11.3. The summed E-state index contributed by atoms with van der Waals surface area (Å²) in [6, 6.07) is 5.94. The Morgan fingerprint density at radius 1 is 1.27 bits per heavy atom. The van der Waals surface area contributed by atoms with E-state index >= 15 is 0 Å². The highest BCUT2D eigenvalue weighted by Crippen LogP contribution is 2.19. The van der Waals surface area contributed by atoms with Gasteiger partial charge in [0.05, 0.1) is 6.61 Å². The Bertz CT molecular complexity index is 437. The molecular formula is C13H17NO. The molecule has 1 aromatic heterocycles. The van der Waals surface area contributed by atoms with E-state index < -0.39 is 0 Å². The Morgan fingerprint density at radius 2 is 2.00 bits per heavy atom. The fourth-order valence-electron chi connectivity index (χ4n) is 1.55. The number of benzene rings is 1. The van der Waals surface area contributed by atoms with Crippen molar-refractivity contribution in [3.8, 4) is 0 Å². The van der Waals surface area contributed by atoms with E-state index in [0.717, 1.165) is 21.9 Å². The Hall–Kier alpha value is -1.41. The minimum absolute atomic E-state index is 0.0963. The van der Waals surface area contributed by atoms with E-state index in [1.54, 1.807) is 6.20 Å². The van der Waals surface area contributed by atoms with Crippen LogP contribution in [-0.2, 0) is 6.61 Å². The highest BCUT2D eigenvalue weighted by molar-refractivity contribution is 5.85. The molecule has 2 nitrogen and oxygen atoms in total. The Morgan fingerprint density at radius 3 is 2.67 bits per heavy atom. The minimum atomic E-state index is 0.0963. The van der Waals surface area contributed by atoms with E-state index in [9.17, 15) is 0 Å². The first-order valence-corrected chi connectivity index (χ1v) is 5.25. The van der Waals surface area contributed by atoms with Crippen molar-refractivity contribution in [1.29, 1.82) is 0 Å². The summed E-state index contributed by atoms with van der Waals surface area (Å²) in [5, 5.41) is 11.3. The van der Waals surface area contributed by atoms with E-state index in [1.807, 2.05) is 45.2 Å². The first kappa shape index (κ1) is 11.7. The third-order valence-corrected chi connectivity index (χ3v) is 2.21. The van der Waals surface area contributed by atoms with Crippen LogP contribution in [0.2, 0.25) is 0 Å². The molecule has 2 aromatic rings. The molecule has 0 atom stereocenters. The topological polar surface area (TPSA) is 33.1 Å². The van der Waals surface area contributed by atoms with Gasteiger partial charge in [0.2, 0.25) is 0 Å². The molecule has 80 valence electrons. The number of aromatic nitrogens is 1. The van der Waals surface area contributed by atoms with Gasteiger partial charge in [-0.3, -0.25) is 4.98 Å². The molecule has 1 heterocycles. The van der Waals surface area contributed by atoms with Crippen molar-refractivity contribution in [2.24, 2.45) is 0 Å². The molecule has 1 aromatic carbocycles. The molecule has 0 saturated carbocycles. The van der Waals surface area contributed by atoms with Crippen LogP contribution in [0.5, 0.6) is 0 Å². The van der Waals surface area contributed by atoms with Crippen LogP contribution in [0.4, 0.5) is 0 Å². The second-order valence-electron chi connectivity index (χ2n) is 3.17. The molecule has 1 N–H and O–H groups in total. The SMILES string of the molecule is CC.Cc1cc(CO)cc2ccncc12. The molecular weight excluding hydrogens is 186 g/mol. The molecule has 0 saturated heterocycles. The molecule has 0 fully saturated rings. The average Bonchev–Trinajstić information content (AvgIpc) is 2.31. The Kier molecular flexibility index (Phi) is 4.25. The molecule has 15 heavy (non-hydrogen) atoms. The maximum atomic E-state index is 9.01.